The standard InChI is InChI=1S/C14H19FN2O/c1-13(2)12(14(13,3)4)17-11(18)8-6-5-7-9(15)10(8)16/h5-7,12H,16H2,1-4H3,(H,17,18). The predicted octanol–water partition coefficient (Wildman–Crippen LogP) is 2.57. The Hall–Kier alpha value is -1.58. The number of amides is 1. The Morgan fingerprint density at radius 3 is 2.33 bits per heavy atom. The van der Waals surface area contributed by atoms with Crippen LogP contribution in [0.5, 0.6) is 0 Å². The summed E-state index contributed by atoms with van der Waals surface area (Å²) in [7, 11) is 0. The Labute approximate surface area is 107 Å². The number of nitrogen functional groups attached to an aromatic ring is 1. The molecule has 0 spiro atoms. The molecule has 0 atom stereocenters. The van der Waals surface area contributed by atoms with Gasteiger partial charge in [0.25, 0.3) is 5.91 Å². The van der Waals surface area contributed by atoms with Crippen molar-refractivity contribution in [2.75, 3.05) is 5.73 Å². The first-order valence-electron chi connectivity index (χ1n) is 6.04. The molecule has 3 nitrogen and oxygen atoms in total. The Morgan fingerprint density at radius 2 is 1.83 bits per heavy atom. The van der Waals surface area contributed by atoms with Crippen LogP contribution in [0.3, 0.4) is 0 Å². The highest BCUT2D eigenvalue weighted by Crippen LogP contribution is 2.62. The van der Waals surface area contributed by atoms with Crippen molar-refractivity contribution in [1.29, 1.82) is 0 Å². The van der Waals surface area contributed by atoms with Gasteiger partial charge in [0.05, 0.1) is 11.3 Å². The molecule has 0 bridgehead atoms. The van der Waals surface area contributed by atoms with Gasteiger partial charge in [-0.1, -0.05) is 33.8 Å². The maximum absolute atomic E-state index is 13.3. The van der Waals surface area contributed by atoms with Crippen molar-refractivity contribution < 1.29 is 9.18 Å². The molecule has 0 aliphatic heterocycles. The summed E-state index contributed by atoms with van der Waals surface area (Å²) in [6.45, 7) is 8.42. The fourth-order valence-electron chi connectivity index (χ4n) is 2.50. The number of carbonyl (C=O) groups excluding carboxylic acids is 1. The van der Waals surface area contributed by atoms with E-state index in [1.165, 1.54) is 18.2 Å². The second-order valence-corrected chi connectivity index (χ2v) is 6.05. The minimum Gasteiger partial charge on any atom is -0.396 e. The van der Waals surface area contributed by atoms with Crippen molar-refractivity contribution in [2.24, 2.45) is 10.8 Å². The number of anilines is 1. The summed E-state index contributed by atoms with van der Waals surface area (Å²) in [6.07, 6.45) is 0. The molecule has 1 aliphatic carbocycles. The lowest BCUT2D eigenvalue weighted by Gasteiger charge is -2.09. The van der Waals surface area contributed by atoms with Crippen LogP contribution in [0.25, 0.3) is 0 Å². The quantitative estimate of drug-likeness (QED) is 0.793. The number of benzene rings is 1. The minimum absolute atomic E-state index is 0.0464. The molecule has 1 saturated carbocycles. The van der Waals surface area contributed by atoms with Crippen LogP contribution in [0.2, 0.25) is 0 Å². The van der Waals surface area contributed by atoms with E-state index >= 15 is 0 Å². The molecule has 0 unspecified atom stereocenters. The van der Waals surface area contributed by atoms with Crippen LogP contribution < -0.4 is 11.1 Å². The van der Waals surface area contributed by atoms with Crippen LogP contribution in [0, 0.1) is 16.6 Å². The van der Waals surface area contributed by atoms with Crippen molar-refractivity contribution in [2.45, 2.75) is 33.7 Å². The number of hydrogen-bond donors (Lipinski definition) is 2. The van der Waals surface area contributed by atoms with Gasteiger partial charge in [-0.05, 0) is 23.0 Å². The van der Waals surface area contributed by atoms with E-state index in [0.717, 1.165) is 0 Å². The molecule has 0 heterocycles. The van der Waals surface area contributed by atoms with Gasteiger partial charge in [-0.2, -0.15) is 0 Å². The van der Waals surface area contributed by atoms with Gasteiger partial charge in [-0.25, -0.2) is 4.39 Å². The van der Waals surface area contributed by atoms with E-state index < -0.39 is 5.82 Å². The third-order valence-electron chi connectivity index (χ3n) is 4.59. The second-order valence-electron chi connectivity index (χ2n) is 6.05. The summed E-state index contributed by atoms with van der Waals surface area (Å²) in [5, 5.41) is 2.93. The lowest BCUT2D eigenvalue weighted by atomic mass is 10.0. The molecular weight excluding hydrogens is 231 g/mol. The van der Waals surface area contributed by atoms with Crippen LogP contribution in [-0.4, -0.2) is 11.9 Å². The number of rotatable bonds is 2. The first kappa shape index (κ1) is 12.9. The largest absolute Gasteiger partial charge is 0.396 e. The van der Waals surface area contributed by atoms with E-state index in [4.69, 9.17) is 5.73 Å². The molecule has 2 rings (SSSR count). The molecule has 0 saturated heterocycles. The van der Waals surface area contributed by atoms with E-state index in [1.54, 1.807) is 0 Å². The van der Waals surface area contributed by atoms with Gasteiger partial charge in [-0.15, -0.1) is 0 Å². The third-order valence-corrected chi connectivity index (χ3v) is 4.59. The summed E-state index contributed by atoms with van der Waals surface area (Å²) >= 11 is 0. The summed E-state index contributed by atoms with van der Waals surface area (Å²) in [5.41, 5.74) is 5.78. The van der Waals surface area contributed by atoms with E-state index in [1.807, 2.05) is 0 Å². The number of nitrogens with one attached hydrogen (secondary N) is 1. The monoisotopic (exact) mass is 250 g/mol. The number of hydrogen-bond acceptors (Lipinski definition) is 2. The average Bonchev–Trinajstić information content (AvgIpc) is 2.65. The molecule has 0 radical (unpaired) electrons. The summed E-state index contributed by atoms with van der Waals surface area (Å²) < 4.78 is 13.3. The number of carbonyl (C=O) groups is 1. The van der Waals surface area contributed by atoms with Gasteiger partial charge in [0.2, 0.25) is 0 Å². The van der Waals surface area contributed by atoms with Gasteiger partial charge in [0.1, 0.15) is 5.82 Å². The smallest absolute Gasteiger partial charge is 0.253 e. The van der Waals surface area contributed by atoms with Crippen LogP contribution >= 0.6 is 0 Å². The van der Waals surface area contributed by atoms with E-state index in [-0.39, 0.29) is 34.0 Å². The lowest BCUT2D eigenvalue weighted by Crippen LogP contribution is -2.30. The molecule has 1 fully saturated rings. The van der Waals surface area contributed by atoms with Crippen LogP contribution in [-0.2, 0) is 0 Å². The number of para-hydroxylation sites is 1. The summed E-state index contributed by atoms with van der Waals surface area (Å²) in [5.74, 6) is -0.868. The summed E-state index contributed by atoms with van der Waals surface area (Å²) in [6, 6.07) is 4.36. The van der Waals surface area contributed by atoms with Crippen molar-refractivity contribution in [3.63, 3.8) is 0 Å². The zero-order valence-corrected chi connectivity index (χ0v) is 11.2. The first-order chi connectivity index (χ1) is 8.19. The molecule has 98 valence electrons. The molecule has 1 aromatic rings. The lowest BCUT2D eigenvalue weighted by molar-refractivity contribution is 0.0944. The van der Waals surface area contributed by atoms with E-state index in [0.29, 0.717) is 0 Å². The fraction of sp³-hybridized carbons (Fsp3) is 0.500. The molecule has 0 aromatic heterocycles. The normalized spacial score (nSPS) is 20.5. The van der Waals surface area contributed by atoms with Crippen molar-refractivity contribution in [3.8, 4) is 0 Å². The second kappa shape index (κ2) is 3.70. The van der Waals surface area contributed by atoms with E-state index in [9.17, 15) is 9.18 Å². The molecule has 18 heavy (non-hydrogen) atoms. The Balaban J connectivity index is 2.18. The average molecular weight is 250 g/mol. The van der Waals surface area contributed by atoms with Gasteiger partial charge < -0.3 is 11.1 Å². The highest BCUT2D eigenvalue weighted by atomic mass is 19.1. The van der Waals surface area contributed by atoms with Crippen LogP contribution in [0.4, 0.5) is 10.1 Å². The summed E-state index contributed by atoms with van der Waals surface area (Å²) in [4.78, 5) is 12.1. The van der Waals surface area contributed by atoms with Crippen molar-refractivity contribution in [1.82, 2.24) is 5.32 Å². The van der Waals surface area contributed by atoms with Gasteiger partial charge in [-0.3, -0.25) is 4.79 Å². The van der Waals surface area contributed by atoms with Gasteiger partial charge in [0, 0.05) is 6.04 Å². The van der Waals surface area contributed by atoms with Gasteiger partial charge >= 0.3 is 0 Å². The molecule has 1 aliphatic rings. The van der Waals surface area contributed by atoms with Crippen molar-refractivity contribution >= 4 is 11.6 Å². The molecular formula is C14H19FN2O. The SMILES string of the molecule is CC1(C)C(NC(=O)c2cccc(F)c2N)C1(C)C. The minimum atomic E-state index is -0.558. The van der Waals surface area contributed by atoms with Crippen LogP contribution in [0.15, 0.2) is 18.2 Å². The highest BCUT2D eigenvalue weighted by Gasteiger charge is 2.65. The van der Waals surface area contributed by atoms with E-state index in [2.05, 4.69) is 33.0 Å². The van der Waals surface area contributed by atoms with Crippen LogP contribution in [0.1, 0.15) is 38.1 Å². The zero-order valence-electron chi connectivity index (χ0n) is 11.2. The van der Waals surface area contributed by atoms with Gasteiger partial charge in [0.15, 0.2) is 0 Å². The molecule has 4 heteroatoms. The Kier molecular flexibility index (Phi) is 2.65. The number of halogens is 1. The maximum atomic E-state index is 13.3. The Bertz CT molecular complexity index is 495. The van der Waals surface area contributed by atoms with Crippen molar-refractivity contribution in [3.05, 3.63) is 29.6 Å². The third kappa shape index (κ3) is 1.67. The zero-order chi connectivity index (χ0) is 13.7. The highest BCUT2D eigenvalue weighted by molar-refractivity contribution is 5.99. The first-order valence-corrected chi connectivity index (χ1v) is 6.04. The topological polar surface area (TPSA) is 55.1 Å². The fourth-order valence-corrected chi connectivity index (χ4v) is 2.50. The maximum Gasteiger partial charge on any atom is 0.253 e. The number of nitrogens with two attached hydrogens (primary N) is 1. The molecule has 3 N–H and O–H groups in total. The Morgan fingerprint density at radius 1 is 1.28 bits per heavy atom. The molecule has 1 aromatic carbocycles. The predicted molar refractivity (Wildman–Crippen MR) is 69.6 cm³/mol. The molecule has 1 amide bonds.